The lowest BCUT2D eigenvalue weighted by Crippen LogP contribution is -2.37. The van der Waals surface area contributed by atoms with Gasteiger partial charge in [-0.3, -0.25) is 18.7 Å². The van der Waals surface area contributed by atoms with Gasteiger partial charge in [-0.1, -0.05) is 0 Å². The van der Waals surface area contributed by atoms with Crippen molar-refractivity contribution in [2.45, 2.75) is 106 Å². The molecule has 198 valence electrons. The summed E-state index contributed by atoms with van der Waals surface area (Å²) in [7, 11) is 0. The van der Waals surface area contributed by atoms with Gasteiger partial charge in [-0.05, 0) is 79.1 Å². The van der Waals surface area contributed by atoms with Gasteiger partial charge in [-0.2, -0.15) is 0 Å². The van der Waals surface area contributed by atoms with Gasteiger partial charge in [0.05, 0.1) is 6.10 Å². The molecule has 0 aromatic carbocycles. The predicted molar refractivity (Wildman–Crippen MR) is 146 cm³/mol. The van der Waals surface area contributed by atoms with E-state index in [4.69, 9.17) is 0 Å². The number of thioether (sulfide) groups is 2. The Bertz CT molecular complexity index is 1150. The fourth-order valence-electron chi connectivity index (χ4n) is 5.56. The molecule has 0 bridgehead atoms. The zero-order valence-electron chi connectivity index (χ0n) is 21.7. The van der Waals surface area contributed by atoms with Crippen LogP contribution in [0.15, 0.2) is 31.5 Å². The molecule has 9 heteroatoms. The number of aromatic nitrogens is 2. The van der Waals surface area contributed by atoms with Crippen molar-refractivity contribution in [2.75, 3.05) is 11.5 Å². The molecule has 36 heavy (non-hydrogen) atoms. The fourth-order valence-corrected chi connectivity index (χ4v) is 7.71. The zero-order chi connectivity index (χ0) is 26.3. The summed E-state index contributed by atoms with van der Waals surface area (Å²) in [5, 5.41) is 32.2. The molecule has 2 aromatic rings. The number of nitrogens with zero attached hydrogens (tertiary/aromatic N) is 2. The highest BCUT2D eigenvalue weighted by molar-refractivity contribution is 7.99. The maximum atomic E-state index is 12.7. The summed E-state index contributed by atoms with van der Waals surface area (Å²) < 4.78 is 3.01. The summed E-state index contributed by atoms with van der Waals surface area (Å²) in [6.07, 6.45) is 5.01. The largest absolute Gasteiger partial charge is 0.494 e. The predicted octanol–water partition coefficient (Wildman–Crippen LogP) is 4.59. The Hall–Kier alpha value is -1.84. The van der Waals surface area contributed by atoms with Crippen molar-refractivity contribution in [3.63, 3.8) is 0 Å². The maximum Gasteiger partial charge on any atom is 0.254 e. The second-order valence-corrected chi connectivity index (χ2v) is 13.5. The Balaban J connectivity index is 1.30. The van der Waals surface area contributed by atoms with Crippen LogP contribution in [0.1, 0.15) is 77.3 Å². The van der Waals surface area contributed by atoms with Crippen molar-refractivity contribution in [2.24, 2.45) is 0 Å². The number of rotatable bonds is 10. The molecular weight excluding hydrogens is 496 g/mol. The molecule has 0 fully saturated rings. The Morgan fingerprint density at radius 1 is 0.806 bits per heavy atom. The lowest BCUT2D eigenvalue weighted by atomic mass is 9.92. The molecule has 0 saturated carbocycles. The first-order valence-electron chi connectivity index (χ1n) is 12.8. The van der Waals surface area contributed by atoms with E-state index < -0.39 is 17.2 Å². The number of aromatic hydroxyl groups is 2. The van der Waals surface area contributed by atoms with E-state index in [2.05, 4.69) is 0 Å². The summed E-state index contributed by atoms with van der Waals surface area (Å²) >= 11 is 3.22. The van der Waals surface area contributed by atoms with Crippen LogP contribution in [-0.4, -0.2) is 42.1 Å². The van der Waals surface area contributed by atoms with Crippen LogP contribution in [-0.2, 0) is 23.9 Å². The lowest BCUT2D eigenvalue weighted by Gasteiger charge is -2.30. The molecule has 0 unspecified atom stereocenters. The minimum atomic E-state index is -0.560. The summed E-state index contributed by atoms with van der Waals surface area (Å²) in [5.41, 5.74) is 0.241. The number of hydrogen-bond donors (Lipinski definition) is 3. The number of aliphatic hydroxyl groups excluding tert-OH is 1. The molecule has 4 rings (SSSR count). The maximum absolute atomic E-state index is 12.7. The minimum Gasteiger partial charge on any atom is -0.494 e. The first-order valence-corrected chi connectivity index (χ1v) is 14.8. The molecule has 4 heterocycles. The highest BCUT2D eigenvalue weighted by atomic mass is 32.2. The molecule has 0 spiro atoms. The van der Waals surface area contributed by atoms with Crippen LogP contribution in [0.25, 0.3) is 0 Å². The molecule has 0 amide bonds. The van der Waals surface area contributed by atoms with Crippen LogP contribution in [0.5, 0.6) is 11.8 Å². The highest BCUT2D eigenvalue weighted by Gasteiger charge is 2.30. The summed E-state index contributed by atoms with van der Waals surface area (Å²) in [5.74, 6) is 1.93. The van der Waals surface area contributed by atoms with E-state index in [9.17, 15) is 24.9 Å². The van der Waals surface area contributed by atoms with Crippen molar-refractivity contribution in [3.8, 4) is 11.8 Å². The quantitative estimate of drug-likeness (QED) is 0.410. The van der Waals surface area contributed by atoms with E-state index >= 15 is 0 Å². The second kappa shape index (κ2) is 10.5. The topological polar surface area (TPSA) is 105 Å². The van der Waals surface area contributed by atoms with Gasteiger partial charge in [-0.15, -0.1) is 23.5 Å². The molecule has 2 aliphatic heterocycles. The van der Waals surface area contributed by atoms with Crippen LogP contribution in [0.3, 0.4) is 0 Å². The number of hydrogen-bond acceptors (Lipinski definition) is 7. The van der Waals surface area contributed by atoms with E-state index in [1.807, 2.05) is 27.7 Å². The first-order chi connectivity index (χ1) is 16.9. The van der Waals surface area contributed by atoms with Gasteiger partial charge in [0.1, 0.15) is 0 Å². The number of aliphatic hydroxyl groups is 1. The van der Waals surface area contributed by atoms with Gasteiger partial charge < -0.3 is 15.3 Å². The molecule has 0 aliphatic carbocycles. The average Bonchev–Trinajstić information content (AvgIpc) is 3.42. The monoisotopic (exact) mass is 534 g/mol. The summed E-state index contributed by atoms with van der Waals surface area (Å²) in [6.45, 7) is 7.82. The molecular formula is C27H38N2O5S2. The van der Waals surface area contributed by atoms with Crippen LogP contribution < -0.4 is 11.1 Å². The van der Waals surface area contributed by atoms with Crippen molar-refractivity contribution in [1.82, 2.24) is 9.13 Å². The average molecular weight is 535 g/mol. The van der Waals surface area contributed by atoms with Crippen LogP contribution in [0, 0.1) is 0 Å². The smallest absolute Gasteiger partial charge is 0.254 e. The van der Waals surface area contributed by atoms with Crippen LogP contribution in [0.4, 0.5) is 0 Å². The van der Waals surface area contributed by atoms with Gasteiger partial charge in [0.25, 0.3) is 11.1 Å². The Morgan fingerprint density at radius 2 is 1.19 bits per heavy atom. The molecule has 0 atom stereocenters. The van der Waals surface area contributed by atoms with E-state index in [1.54, 1.807) is 35.7 Å². The van der Waals surface area contributed by atoms with Crippen molar-refractivity contribution in [3.05, 3.63) is 44.0 Å². The van der Waals surface area contributed by atoms with E-state index in [0.29, 0.717) is 25.7 Å². The fraction of sp³-hybridized carbons (Fsp3) is 0.630. The summed E-state index contributed by atoms with van der Waals surface area (Å²) in [4.78, 5) is 27.2. The molecule has 0 saturated heterocycles. The van der Waals surface area contributed by atoms with E-state index in [-0.39, 0.29) is 22.9 Å². The van der Waals surface area contributed by atoms with Gasteiger partial charge in [-0.25, -0.2) is 0 Å². The second-order valence-electron chi connectivity index (χ2n) is 11.2. The zero-order valence-corrected chi connectivity index (χ0v) is 23.3. The van der Waals surface area contributed by atoms with Gasteiger partial charge in [0.2, 0.25) is 0 Å². The molecule has 7 nitrogen and oxygen atoms in total. The SMILES string of the molecule is CC(C)(CCCC(O)CCCC(C)(C)n1c(O)c2c(cc1=O)SCC2)n1c(O)c2c(cc1=O)SCC2. The molecule has 2 aromatic heterocycles. The highest BCUT2D eigenvalue weighted by Crippen LogP contribution is 2.39. The Labute approximate surface area is 220 Å². The molecule has 2 aliphatic rings. The number of fused-ring (bicyclic) bond motifs is 2. The normalized spacial score (nSPS) is 15.5. The van der Waals surface area contributed by atoms with Crippen LogP contribution in [0.2, 0.25) is 0 Å². The molecule has 3 N–H and O–H groups in total. The third-order valence-corrected chi connectivity index (χ3v) is 9.76. The van der Waals surface area contributed by atoms with Crippen molar-refractivity contribution >= 4 is 23.5 Å². The van der Waals surface area contributed by atoms with Gasteiger partial charge in [0.15, 0.2) is 11.8 Å². The van der Waals surface area contributed by atoms with Crippen molar-refractivity contribution in [1.29, 1.82) is 0 Å². The first kappa shape index (κ1) is 27.2. The van der Waals surface area contributed by atoms with E-state index in [1.165, 1.54) is 9.13 Å². The van der Waals surface area contributed by atoms with E-state index in [0.717, 1.165) is 58.1 Å². The minimum absolute atomic E-state index is 0.0823. The third-order valence-electron chi connectivity index (χ3n) is 7.59. The summed E-state index contributed by atoms with van der Waals surface area (Å²) in [6, 6.07) is 3.27. The Morgan fingerprint density at radius 3 is 1.58 bits per heavy atom. The molecule has 0 radical (unpaired) electrons. The number of pyridine rings is 2. The Kier molecular flexibility index (Phi) is 7.93. The van der Waals surface area contributed by atoms with Gasteiger partial charge >= 0.3 is 0 Å². The van der Waals surface area contributed by atoms with Crippen LogP contribution >= 0.6 is 23.5 Å². The standard InChI is InChI=1S/C27H38N2O5S2/c1-26(2,28-22(31)15-20-18(24(28)33)9-13-35-20)11-5-7-17(30)8-6-12-27(3,4)29-23(32)16-21-19(25(29)34)10-14-36-21/h15-17,30,33-34H,5-14H2,1-4H3. The third kappa shape index (κ3) is 5.38. The van der Waals surface area contributed by atoms with Gasteiger partial charge in [0, 0.05) is 55.6 Å². The van der Waals surface area contributed by atoms with Crippen molar-refractivity contribution < 1.29 is 15.3 Å². The lowest BCUT2D eigenvalue weighted by molar-refractivity contribution is 0.135.